The number of nitrogens with one attached hydrogen (secondary N) is 2. The molecule has 0 unspecified atom stereocenters. The van der Waals surface area contributed by atoms with Crippen LogP contribution in [-0.2, 0) is 19.2 Å². The Hall–Kier alpha value is -2.12. The van der Waals surface area contributed by atoms with Crippen molar-refractivity contribution in [3.63, 3.8) is 0 Å². The Morgan fingerprint density at radius 1 is 0.529 bits per heavy atom. The molecule has 186 valence electrons. The van der Waals surface area contributed by atoms with Crippen molar-refractivity contribution >= 4 is 23.8 Å². The van der Waals surface area contributed by atoms with Gasteiger partial charge in [0.1, 0.15) is 12.1 Å². The van der Waals surface area contributed by atoms with Crippen LogP contribution in [-0.4, -0.2) is 46.0 Å². The number of hydrogen-bond donors (Lipinski definition) is 4. The molecule has 0 aromatic rings. The summed E-state index contributed by atoms with van der Waals surface area (Å²) in [5, 5.41) is 25.2. The molecule has 0 aromatic heterocycles. The van der Waals surface area contributed by atoms with Crippen molar-refractivity contribution in [3.8, 4) is 0 Å². The van der Waals surface area contributed by atoms with Gasteiger partial charge in [0.15, 0.2) is 0 Å². The maximum atomic E-state index is 13.0. The Morgan fingerprint density at radius 3 is 0.971 bits per heavy atom. The fraction of sp³-hybridized carbons (Fsp3) is 0.846. The quantitative estimate of drug-likeness (QED) is 0.439. The molecule has 34 heavy (non-hydrogen) atoms. The predicted molar refractivity (Wildman–Crippen MR) is 120 cm³/mol. The summed E-state index contributed by atoms with van der Waals surface area (Å²) >= 11 is 0. The third-order valence-corrected chi connectivity index (χ3v) is 10.6. The van der Waals surface area contributed by atoms with E-state index < -0.39 is 46.7 Å². The summed E-state index contributed by atoms with van der Waals surface area (Å²) in [6, 6.07) is -2.22. The van der Waals surface area contributed by atoms with Crippen molar-refractivity contribution in [1.29, 1.82) is 0 Å². The molecule has 8 aliphatic carbocycles. The second kappa shape index (κ2) is 7.69. The minimum absolute atomic E-state index is 0.497. The van der Waals surface area contributed by atoms with Gasteiger partial charge in [-0.15, -0.1) is 0 Å². The van der Waals surface area contributed by atoms with Crippen LogP contribution in [0, 0.1) is 46.3 Å². The molecule has 8 fully saturated rings. The fourth-order valence-electron chi connectivity index (χ4n) is 10.4. The fourth-order valence-corrected chi connectivity index (χ4v) is 10.4. The van der Waals surface area contributed by atoms with Crippen molar-refractivity contribution in [2.24, 2.45) is 46.3 Å². The SMILES string of the molecule is O=C(N[C@@H](C(=O)O)C12CC3CC(CC(C3)C1)C2)C(=O)N[C@@H](C(=O)O)C12CC3CC(CC(C3)C1)C2. The Bertz CT molecular complexity index is 784. The molecule has 8 aliphatic rings. The zero-order valence-electron chi connectivity index (χ0n) is 19.6. The number of rotatable bonds is 6. The van der Waals surface area contributed by atoms with E-state index in [0.717, 1.165) is 77.0 Å². The maximum Gasteiger partial charge on any atom is 0.326 e. The van der Waals surface area contributed by atoms with Crippen molar-refractivity contribution in [2.45, 2.75) is 89.1 Å². The number of amides is 2. The molecule has 0 aliphatic heterocycles. The monoisotopic (exact) mass is 472 g/mol. The highest BCUT2D eigenvalue weighted by atomic mass is 16.4. The molecular weight excluding hydrogens is 436 g/mol. The Morgan fingerprint density at radius 2 is 0.765 bits per heavy atom. The van der Waals surface area contributed by atoms with Gasteiger partial charge in [-0.25, -0.2) is 9.59 Å². The van der Waals surface area contributed by atoms with E-state index in [9.17, 15) is 29.4 Å². The third-order valence-electron chi connectivity index (χ3n) is 10.6. The first kappa shape index (κ1) is 22.4. The lowest BCUT2D eigenvalue weighted by atomic mass is 9.47. The van der Waals surface area contributed by atoms with Crippen molar-refractivity contribution in [2.75, 3.05) is 0 Å². The average molecular weight is 473 g/mol. The first-order valence-corrected chi connectivity index (χ1v) is 13.2. The molecule has 0 aromatic carbocycles. The van der Waals surface area contributed by atoms with E-state index in [-0.39, 0.29) is 0 Å². The van der Waals surface area contributed by atoms with E-state index in [4.69, 9.17) is 0 Å². The van der Waals surface area contributed by atoms with Crippen LogP contribution in [0.15, 0.2) is 0 Å². The summed E-state index contributed by atoms with van der Waals surface area (Å²) in [5.41, 5.74) is -0.995. The molecule has 8 bridgehead atoms. The first-order valence-electron chi connectivity index (χ1n) is 13.2. The zero-order valence-corrected chi connectivity index (χ0v) is 19.6. The molecular formula is C26H36N2O6. The minimum atomic E-state index is -1.11. The standard InChI is InChI=1S/C26H36N2O6/c29-21(27-19(23(31)32)25-7-13-1-14(8-25)3-15(2-13)9-25)22(30)28-20(24(33)34)26-10-16-4-17(11-26)6-18(5-16)12-26/h13-20H,1-12H2,(H,27,29)(H,28,30)(H,31,32)(H,33,34)/t13?,14?,15?,16?,17?,18?,19-,20-,25?,26?/m0/s1. The predicted octanol–water partition coefficient (Wildman–Crippen LogP) is 2.56. The molecule has 8 nitrogen and oxygen atoms in total. The van der Waals surface area contributed by atoms with E-state index in [1.807, 2.05) is 0 Å². The van der Waals surface area contributed by atoms with Crippen LogP contribution in [0.1, 0.15) is 77.0 Å². The van der Waals surface area contributed by atoms with Crippen molar-refractivity contribution < 1.29 is 29.4 Å². The second-order valence-electron chi connectivity index (χ2n) is 13.0. The number of carboxylic acids is 2. The van der Waals surface area contributed by atoms with Gasteiger partial charge in [-0.3, -0.25) is 9.59 Å². The summed E-state index contributed by atoms with van der Waals surface area (Å²) in [7, 11) is 0. The summed E-state index contributed by atoms with van der Waals surface area (Å²) in [5.74, 6) is -1.19. The molecule has 0 spiro atoms. The largest absolute Gasteiger partial charge is 0.480 e. The topological polar surface area (TPSA) is 133 Å². The Labute approximate surface area is 199 Å². The van der Waals surface area contributed by atoms with Gasteiger partial charge < -0.3 is 20.8 Å². The molecule has 0 radical (unpaired) electrons. The van der Waals surface area contributed by atoms with Crippen LogP contribution in [0.4, 0.5) is 0 Å². The van der Waals surface area contributed by atoms with Gasteiger partial charge in [0.2, 0.25) is 0 Å². The zero-order chi connectivity index (χ0) is 23.8. The second-order valence-corrected chi connectivity index (χ2v) is 13.0. The highest BCUT2D eigenvalue weighted by molar-refractivity contribution is 6.35. The maximum absolute atomic E-state index is 13.0. The number of carbonyl (C=O) groups excluding carboxylic acids is 2. The van der Waals surface area contributed by atoms with Crippen LogP contribution in [0.25, 0.3) is 0 Å². The summed E-state index contributed by atoms with van der Waals surface area (Å²) in [6.45, 7) is 0. The minimum Gasteiger partial charge on any atom is -0.480 e. The molecule has 4 N–H and O–H groups in total. The Kier molecular flexibility index (Phi) is 5.05. The van der Waals surface area contributed by atoms with Gasteiger partial charge in [-0.2, -0.15) is 0 Å². The van der Waals surface area contributed by atoms with Gasteiger partial charge >= 0.3 is 23.8 Å². The number of carbonyl (C=O) groups is 4. The molecule has 0 saturated heterocycles. The van der Waals surface area contributed by atoms with Gasteiger partial charge in [-0.1, -0.05) is 0 Å². The summed E-state index contributed by atoms with van der Waals surface area (Å²) < 4.78 is 0. The third kappa shape index (κ3) is 3.54. The van der Waals surface area contributed by atoms with E-state index in [0.29, 0.717) is 35.5 Å². The van der Waals surface area contributed by atoms with E-state index in [1.165, 1.54) is 0 Å². The first-order chi connectivity index (χ1) is 16.1. The molecule has 8 heteroatoms. The van der Waals surface area contributed by atoms with E-state index in [1.54, 1.807) is 0 Å². The number of carboxylic acid groups (broad SMARTS) is 2. The van der Waals surface area contributed by atoms with Crippen molar-refractivity contribution in [1.82, 2.24) is 10.6 Å². The molecule has 2 amide bonds. The lowest BCUT2D eigenvalue weighted by Crippen LogP contribution is -2.64. The smallest absolute Gasteiger partial charge is 0.326 e. The highest BCUT2D eigenvalue weighted by Gasteiger charge is 2.58. The van der Waals surface area contributed by atoms with Gasteiger partial charge in [0.05, 0.1) is 0 Å². The van der Waals surface area contributed by atoms with E-state index in [2.05, 4.69) is 10.6 Å². The van der Waals surface area contributed by atoms with Gasteiger partial charge in [0, 0.05) is 10.8 Å². The van der Waals surface area contributed by atoms with Crippen LogP contribution in [0.5, 0.6) is 0 Å². The van der Waals surface area contributed by atoms with Crippen molar-refractivity contribution in [3.05, 3.63) is 0 Å². The molecule has 0 heterocycles. The lowest BCUT2D eigenvalue weighted by Gasteiger charge is -2.58. The summed E-state index contributed by atoms with van der Waals surface area (Å²) in [6.07, 6.45) is 11.5. The van der Waals surface area contributed by atoms with Crippen LogP contribution >= 0.6 is 0 Å². The average Bonchev–Trinajstić information content (AvgIpc) is 2.72. The summed E-state index contributed by atoms with van der Waals surface area (Å²) in [4.78, 5) is 50.5. The number of aliphatic carboxylic acids is 2. The number of hydrogen-bond acceptors (Lipinski definition) is 4. The van der Waals surface area contributed by atoms with E-state index >= 15 is 0 Å². The van der Waals surface area contributed by atoms with Crippen LogP contribution in [0.3, 0.4) is 0 Å². The highest BCUT2D eigenvalue weighted by Crippen LogP contribution is 2.62. The Balaban J connectivity index is 1.17. The molecule has 8 saturated carbocycles. The lowest BCUT2D eigenvalue weighted by molar-refractivity contribution is -0.159. The van der Waals surface area contributed by atoms with Crippen LogP contribution in [0.2, 0.25) is 0 Å². The van der Waals surface area contributed by atoms with Gasteiger partial charge in [-0.05, 0) is 113 Å². The molecule has 2 atom stereocenters. The van der Waals surface area contributed by atoms with Gasteiger partial charge in [0.25, 0.3) is 0 Å². The van der Waals surface area contributed by atoms with Crippen LogP contribution < -0.4 is 10.6 Å². The molecule has 8 rings (SSSR count). The normalized spacial score (nSPS) is 44.9.